The summed E-state index contributed by atoms with van der Waals surface area (Å²) in [6.45, 7) is 7.23. The highest BCUT2D eigenvalue weighted by molar-refractivity contribution is 5.31. The predicted octanol–water partition coefficient (Wildman–Crippen LogP) is 2.64. The van der Waals surface area contributed by atoms with Crippen molar-refractivity contribution in [2.24, 2.45) is 0 Å². The number of nitrogens with one attached hydrogen (secondary N) is 1. The van der Waals surface area contributed by atoms with Gasteiger partial charge in [0.15, 0.2) is 0 Å². The Bertz CT molecular complexity index is 487. The van der Waals surface area contributed by atoms with Crippen LogP contribution in [0, 0.1) is 6.92 Å². The van der Waals surface area contributed by atoms with Gasteiger partial charge >= 0.3 is 0 Å². The van der Waals surface area contributed by atoms with Crippen LogP contribution >= 0.6 is 0 Å². The first kappa shape index (κ1) is 12.8. The fourth-order valence-electron chi connectivity index (χ4n) is 2.10. The lowest BCUT2D eigenvalue weighted by atomic mass is 10.1. The molecule has 0 saturated carbocycles. The van der Waals surface area contributed by atoms with Gasteiger partial charge in [-0.25, -0.2) is 4.98 Å². The van der Waals surface area contributed by atoms with E-state index in [-0.39, 0.29) is 0 Å². The van der Waals surface area contributed by atoms with Crippen LogP contribution in [0.5, 0.6) is 0 Å². The third-order valence-electron chi connectivity index (χ3n) is 3.09. The van der Waals surface area contributed by atoms with E-state index in [1.54, 1.807) is 6.20 Å². The number of aryl methyl sites for hydroxylation is 1. The molecule has 0 fully saturated rings. The van der Waals surface area contributed by atoms with Crippen LogP contribution in [0.15, 0.2) is 30.7 Å². The van der Waals surface area contributed by atoms with Crippen molar-refractivity contribution < 1.29 is 0 Å². The fraction of sp³-hybridized carbons (Fsp3) is 0.429. The molecule has 0 bridgehead atoms. The molecular formula is C14H20N4. The van der Waals surface area contributed by atoms with Gasteiger partial charge < -0.3 is 9.88 Å². The van der Waals surface area contributed by atoms with E-state index in [4.69, 9.17) is 0 Å². The zero-order valence-corrected chi connectivity index (χ0v) is 11.2. The Morgan fingerprint density at radius 2 is 2.11 bits per heavy atom. The van der Waals surface area contributed by atoms with Gasteiger partial charge in [0.25, 0.3) is 0 Å². The molecule has 96 valence electrons. The van der Waals surface area contributed by atoms with E-state index in [9.17, 15) is 0 Å². The van der Waals surface area contributed by atoms with Crippen LogP contribution < -0.4 is 5.32 Å². The molecule has 18 heavy (non-hydrogen) atoms. The van der Waals surface area contributed by atoms with Crippen LogP contribution in [0.2, 0.25) is 0 Å². The van der Waals surface area contributed by atoms with Gasteiger partial charge in [-0.1, -0.05) is 13.8 Å². The summed E-state index contributed by atoms with van der Waals surface area (Å²) in [6, 6.07) is 4.52. The quantitative estimate of drug-likeness (QED) is 0.879. The van der Waals surface area contributed by atoms with Gasteiger partial charge in [0, 0.05) is 18.4 Å². The van der Waals surface area contributed by atoms with E-state index >= 15 is 0 Å². The Morgan fingerprint density at radius 1 is 1.28 bits per heavy atom. The third kappa shape index (κ3) is 2.59. The van der Waals surface area contributed by atoms with Crippen molar-refractivity contribution in [2.45, 2.75) is 33.2 Å². The zero-order valence-electron chi connectivity index (χ0n) is 11.2. The monoisotopic (exact) mass is 244 g/mol. The van der Waals surface area contributed by atoms with Crippen LogP contribution in [0.4, 0.5) is 0 Å². The second-order valence-electron chi connectivity index (χ2n) is 4.30. The van der Waals surface area contributed by atoms with Gasteiger partial charge in [-0.15, -0.1) is 0 Å². The number of aromatic nitrogens is 3. The van der Waals surface area contributed by atoms with E-state index in [0.29, 0.717) is 6.04 Å². The molecule has 2 heterocycles. The highest BCUT2D eigenvalue weighted by atomic mass is 15.1. The summed E-state index contributed by atoms with van der Waals surface area (Å²) in [5, 5.41) is 3.43. The van der Waals surface area contributed by atoms with E-state index in [1.165, 1.54) is 0 Å². The first-order valence-electron chi connectivity index (χ1n) is 6.46. The minimum absolute atomic E-state index is 0.341. The summed E-state index contributed by atoms with van der Waals surface area (Å²) >= 11 is 0. The molecule has 0 aliphatic rings. The molecule has 1 unspecified atom stereocenters. The Balaban J connectivity index is 2.22. The second-order valence-corrected chi connectivity index (χ2v) is 4.30. The molecule has 2 rings (SSSR count). The molecule has 0 saturated heterocycles. The maximum Gasteiger partial charge on any atom is 0.110 e. The largest absolute Gasteiger partial charge is 0.309 e. The van der Waals surface area contributed by atoms with E-state index in [0.717, 1.165) is 30.2 Å². The molecule has 1 N–H and O–H groups in total. The maximum absolute atomic E-state index is 4.55. The van der Waals surface area contributed by atoms with Gasteiger partial charge in [0.05, 0.1) is 17.6 Å². The lowest BCUT2D eigenvalue weighted by Gasteiger charge is -2.15. The summed E-state index contributed by atoms with van der Waals surface area (Å²) < 4.78 is 2.03. The molecule has 0 aliphatic carbocycles. The smallest absolute Gasteiger partial charge is 0.110 e. The number of hydrogen-bond acceptors (Lipinski definition) is 3. The van der Waals surface area contributed by atoms with Crippen LogP contribution in [-0.4, -0.2) is 21.1 Å². The lowest BCUT2D eigenvalue weighted by molar-refractivity contribution is 0.524. The van der Waals surface area contributed by atoms with Gasteiger partial charge in [-0.2, -0.15) is 0 Å². The van der Waals surface area contributed by atoms with Crippen LogP contribution in [-0.2, 0) is 0 Å². The van der Waals surface area contributed by atoms with E-state index in [2.05, 4.69) is 41.3 Å². The topological polar surface area (TPSA) is 42.7 Å². The Labute approximate surface area is 108 Å². The molecular weight excluding hydrogens is 224 g/mol. The molecule has 0 radical (unpaired) electrons. The minimum Gasteiger partial charge on any atom is -0.309 e. The van der Waals surface area contributed by atoms with Crippen LogP contribution in [0.3, 0.4) is 0 Å². The Hall–Kier alpha value is -1.68. The van der Waals surface area contributed by atoms with Gasteiger partial charge in [-0.05, 0) is 32.0 Å². The predicted molar refractivity (Wildman–Crippen MR) is 72.8 cm³/mol. The van der Waals surface area contributed by atoms with Crippen LogP contribution in [0.1, 0.15) is 37.8 Å². The van der Waals surface area contributed by atoms with E-state index in [1.807, 2.05) is 23.9 Å². The average Bonchev–Trinajstić information content (AvgIpc) is 2.82. The maximum atomic E-state index is 4.55. The molecule has 2 aromatic rings. The fourth-order valence-corrected chi connectivity index (χ4v) is 2.10. The lowest BCUT2D eigenvalue weighted by Crippen LogP contribution is -2.21. The normalized spacial score (nSPS) is 12.6. The standard InChI is InChI=1S/C14H20N4/c1-4-13(15-5-2)14-7-6-12(10-17-14)18-9-8-16-11(18)3/h6-10,13,15H,4-5H2,1-3H3. The van der Waals surface area contributed by atoms with Crippen molar-refractivity contribution in [2.75, 3.05) is 6.54 Å². The van der Waals surface area contributed by atoms with Crippen molar-refractivity contribution in [3.63, 3.8) is 0 Å². The molecule has 1 atom stereocenters. The Kier molecular flexibility index (Phi) is 4.10. The highest BCUT2D eigenvalue weighted by Crippen LogP contribution is 2.16. The van der Waals surface area contributed by atoms with Crippen molar-refractivity contribution in [1.82, 2.24) is 19.9 Å². The van der Waals surface area contributed by atoms with Crippen molar-refractivity contribution in [3.05, 3.63) is 42.2 Å². The first-order valence-corrected chi connectivity index (χ1v) is 6.46. The highest BCUT2D eigenvalue weighted by Gasteiger charge is 2.09. The third-order valence-corrected chi connectivity index (χ3v) is 3.09. The number of nitrogens with zero attached hydrogens (tertiary/aromatic N) is 3. The number of pyridine rings is 1. The molecule has 2 aromatic heterocycles. The number of hydrogen-bond donors (Lipinski definition) is 1. The summed E-state index contributed by atoms with van der Waals surface area (Å²) in [7, 11) is 0. The molecule has 0 aliphatic heterocycles. The van der Waals surface area contributed by atoms with Crippen LogP contribution in [0.25, 0.3) is 5.69 Å². The van der Waals surface area contributed by atoms with Crippen molar-refractivity contribution >= 4 is 0 Å². The van der Waals surface area contributed by atoms with Crippen molar-refractivity contribution in [3.8, 4) is 5.69 Å². The summed E-state index contributed by atoms with van der Waals surface area (Å²) in [5.74, 6) is 0.975. The molecule has 0 spiro atoms. The van der Waals surface area contributed by atoms with Gasteiger partial charge in [0.1, 0.15) is 5.82 Å². The van der Waals surface area contributed by atoms with Crippen molar-refractivity contribution in [1.29, 1.82) is 0 Å². The SMILES string of the molecule is CCNC(CC)c1ccc(-n2ccnc2C)cn1. The first-order chi connectivity index (χ1) is 8.76. The van der Waals surface area contributed by atoms with Gasteiger partial charge in [-0.3, -0.25) is 4.98 Å². The molecule has 0 aromatic carbocycles. The molecule has 0 amide bonds. The summed E-state index contributed by atoms with van der Waals surface area (Å²) in [6.07, 6.45) is 6.71. The minimum atomic E-state index is 0.341. The average molecular weight is 244 g/mol. The summed E-state index contributed by atoms with van der Waals surface area (Å²) in [4.78, 5) is 8.77. The second kappa shape index (κ2) is 5.78. The zero-order chi connectivity index (χ0) is 13.0. The molecule has 4 nitrogen and oxygen atoms in total. The Morgan fingerprint density at radius 3 is 2.61 bits per heavy atom. The van der Waals surface area contributed by atoms with Gasteiger partial charge in [0.2, 0.25) is 0 Å². The number of imidazole rings is 1. The summed E-state index contributed by atoms with van der Waals surface area (Å²) in [5.41, 5.74) is 2.15. The van der Waals surface area contributed by atoms with E-state index < -0.39 is 0 Å². The number of rotatable bonds is 5. The molecule has 4 heteroatoms.